The van der Waals surface area contributed by atoms with Gasteiger partial charge in [-0.15, -0.1) is 0 Å². The third-order valence-corrected chi connectivity index (χ3v) is 4.35. The summed E-state index contributed by atoms with van der Waals surface area (Å²) in [5.74, 6) is -0.525. The minimum Gasteiger partial charge on any atom is -0.354 e. The molecule has 24 heavy (non-hydrogen) atoms. The quantitative estimate of drug-likeness (QED) is 0.910. The summed E-state index contributed by atoms with van der Waals surface area (Å²) < 4.78 is 14.1. The van der Waals surface area contributed by atoms with Crippen LogP contribution in [0.2, 0.25) is 0 Å². The van der Waals surface area contributed by atoms with Crippen LogP contribution in [0.1, 0.15) is 36.2 Å². The van der Waals surface area contributed by atoms with Gasteiger partial charge in [-0.1, -0.05) is 12.1 Å². The highest BCUT2D eigenvalue weighted by atomic mass is 19.1. The van der Waals surface area contributed by atoms with Gasteiger partial charge < -0.3 is 5.32 Å². The average Bonchev–Trinajstić information content (AvgIpc) is 3.02. The van der Waals surface area contributed by atoms with E-state index in [0.29, 0.717) is 13.0 Å². The molecule has 1 aliphatic rings. The molecule has 1 unspecified atom stereocenters. The van der Waals surface area contributed by atoms with E-state index in [9.17, 15) is 14.0 Å². The molecule has 0 saturated heterocycles. The van der Waals surface area contributed by atoms with Gasteiger partial charge in [0.2, 0.25) is 5.91 Å². The summed E-state index contributed by atoms with van der Waals surface area (Å²) in [7, 11) is 0. The lowest BCUT2D eigenvalue weighted by Gasteiger charge is -2.15. The molecule has 1 atom stereocenters. The Hall–Kier alpha value is -2.50. The molecular formula is C18H20FN3O2. The molecule has 0 bridgehead atoms. The van der Waals surface area contributed by atoms with E-state index in [1.165, 1.54) is 16.8 Å². The van der Waals surface area contributed by atoms with Crippen LogP contribution in [0.15, 0.2) is 35.1 Å². The molecule has 126 valence electrons. The molecule has 1 aromatic heterocycles. The van der Waals surface area contributed by atoms with E-state index in [2.05, 4.69) is 10.4 Å². The van der Waals surface area contributed by atoms with Crippen LogP contribution in [-0.4, -0.2) is 22.2 Å². The predicted octanol–water partition coefficient (Wildman–Crippen LogP) is 1.79. The lowest BCUT2D eigenvalue weighted by molar-refractivity contribution is -0.124. The monoisotopic (exact) mass is 329 g/mol. The number of hydrogen-bond acceptors (Lipinski definition) is 3. The van der Waals surface area contributed by atoms with Crippen molar-refractivity contribution in [3.63, 3.8) is 0 Å². The number of nitrogens with one attached hydrogen (secondary N) is 1. The highest BCUT2D eigenvalue weighted by Crippen LogP contribution is 2.18. The number of nitrogens with zero attached hydrogens (tertiary/aromatic N) is 2. The minimum atomic E-state index is -0.656. The maximum Gasteiger partial charge on any atom is 0.267 e. The van der Waals surface area contributed by atoms with Gasteiger partial charge in [0.25, 0.3) is 5.56 Å². The van der Waals surface area contributed by atoms with Crippen molar-refractivity contribution in [3.05, 3.63) is 63.3 Å². The number of aromatic nitrogens is 2. The Bertz CT molecular complexity index is 799. The first-order chi connectivity index (χ1) is 11.5. The molecular weight excluding hydrogens is 309 g/mol. The molecule has 5 nitrogen and oxygen atoms in total. The van der Waals surface area contributed by atoms with E-state index < -0.39 is 6.04 Å². The second-order valence-electron chi connectivity index (χ2n) is 6.10. The van der Waals surface area contributed by atoms with Gasteiger partial charge in [0.15, 0.2) is 0 Å². The highest BCUT2D eigenvalue weighted by Gasteiger charge is 2.21. The molecule has 1 aliphatic carbocycles. The van der Waals surface area contributed by atoms with Gasteiger partial charge in [-0.05, 0) is 55.9 Å². The van der Waals surface area contributed by atoms with Crippen molar-refractivity contribution in [1.29, 1.82) is 0 Å². The normalized spacial score (nSPS) is 14.2. The van der Waals surface area contributed by atoms with Gasteiger partial charge in [-0.25, -0.2) is 9.07 Å². The van der Waals surface area contributed by atoms with Crippen molar-refractivity contribution in [2.45, 2.75) is 38.6 Å². The summed E-state index contributed by atoms with van der Waals surface area (Å²) in [4.78, 5) is 24.4. The summed E-state index contributed by atoms with van der Waals surface area (Å²) >= 11 is 0. The standard InChI is InChI=1S/C18H20FN3O2/c1-12(22-17(23)11-14-3-2-4-16(14)21-22)18(24)20-10-9-13-5-7-15(19)8-6-13/h5-8,11-12H,2-4,9-10H2,1H3,(H,20,24). The van der Waals surface area contributed by atoms with Crippen LogP contribution in [0.5, 0.6) is 0 Å². The Morgan fingerprint density at radius 3 is 2.83 bits per heavy atom. The maximum atomic E-state index is 12.9. The van der Waals surface area contributed by atoms with E-state index in [1.807, 2.05) is 0 Å². The van der Waals surface area contributed by atoms with Crippen molar-refractivity contribution in [2.75, 3.05) is 6.54 Å². The fourth-order valence-corrected chi connectivity index (χ4v) is 2.93. The van der Waals surface area contributed by atoms with Gasteiger partial charge in [0.1, 0.15) is 11.9 Å². The Kier molecular flexibility index (Phi) is 4.74. The lowest BCUT2D eigenvalue weighted by atomic mass is 10.1. The number of hydrogen-bond donors (Lipinski definition) is 1. The molecule has 1 heterocycles. The summed E-state index contributed by atoms with van der Waals surface area (Å²) in [6.45, 7) is 2.09. The number of fused-ring (bicyclic) bond motifs is 1. The number of halogens is 1. The Morgan fingerprint density at radius 1 is 1.33 bits per heavy atom. The maximum absolute atomic E-state index is 12.9. The third kappa shape index (κ3) is 3.53. The smallest absolute Gasteiger partial charge is 0.267 e. The number of benzene rings is 1. The lowest BCUT2D eigenvalue weighted by Crippen LogP contribution is -2.38. The number of aryl methyl sites for hydroxylation is 2. The van der Waals surface area contributed by atoms with Crippen LogP contribution in [0.4, 0.5) is 4.39 Å². The number of carbonyl (C=O) groups excluding carboxylic acids is 1. The Morgan fingerprint density at radius 2 is 2.08 bits per heavy atom. The molecule has 0 saturated carbocycles. The topological polar surface area (TPSA) is 64.0 Å². The van der Waals surface area contributed by atoms with Crippen LogP contribution >= 0.6 is 0 Å². The van der Waals surface area contributed by atoms with E-state index in [0.717, 1.165) is 36.1 Å². The van der Waals surface area contributed by atoms with Gasteiger partial charge in [-0.2, -0.15) is 5.10 Å². The summed E-state index contributed by atoms with van der Waals surface area (Å²) in [6, 6.07) is 7.12. The van der Waals surface area contributed by atoms with E-state index >= 15 is 0 Å². The predicted molar refractivity (Wildman–Crippen MR) is 88.3 cm³/mol. The van der Waals surface area contributed by atoms with Crippen molar-refractivity contribution >= 4 is 5.91 Å². The zero-order valence-corrected chi connectivity index (χ0v) is 13.6. The summed E-state index contributed by atoms with van der Waals surface area (Å²) in [5, 5.41) is 7.16. The molecule has 0 spiro atoms. The molecule has 0 fully saturated rings. The number of rotatable bonds is 5. The van der Waals surface area contributed by atoms with Gasteiger partial charge in [-0.3, -0.25) is 9.59 Å². The first-order valence-corrected chi connectivity index (χ1v) is 8.18. The molecule has 6 heteroatoms. The molecule has 1 aromatic carbocycles. The van der Waals surface area contributed by atoms with Crippen LogP contribution in [-0.2, 0) is 24.1 Å². The van der Waals surface area contributed by atoms with Crippen LogP contribution in [0.25, 0.3) is 0 Å². The second-order valence-corrected chi connectivity index (χ2v) is 6.10. The highest BCUT2D eigenvalue weighted by molar-refractivity contribution is 5.79. The molecule has 0 radical (unpaired) electrons. The minimum absolute atomic E-state index is 0.239. The van der Waals surface area contributed by atoms with E-state index in [1.54, 1.807) is 25.1 Å². The van der Waals surface area contributed by atoms with Crippen molar-refractivity contribution in [2.24, 2.45) is 0 Å². The van der Waals surface area contributed by atoms with Crippen LogP contribution < -0.4 is 10.9 Å². The first-order valence-electron chi connectivity index (χ1n) is 8.18. The SMILES string of the molecule is CC(C(=O)NCCc1ccc(F)cc1)n1nc2c(cc1=O)CCC2. The molecule has 1 amide bonds. The Labute approximate surface area is 139 Å². The zero-order chi connectivity index (χ0) is 17.1. The second kappa shape index (κ2) is 6.95. The summed E-state index contributed by atoms with van der Waals surface area (Å²) in [6.07, 6.45) is 3.35. The fraction of sp³-hybridized carbons (Fsp3) is 0.389. The van der Waals surface area contributed by atoms with Crippen LogP contribution in [0.3, 0.4) is 0 Å². The largest absolute Gasteiger partial charge is 0.354 e. The van der Waals surface area contributed by atoms with E-state index in [4.69, 9.17) is 0 Å². The van der Waals surface area contributed by atoms with Crippen LogP contribution in [0, 0.1) is 5.82 Å². The zero-order valence-electron chi connectivity index (χ0n) is 13.6. The fourth-order valence-electron chi connectivity index (χ4n) is 2.93. The van der Waals surface area contributed by atoms with Crippen molar-refractivity contribution < 1.29 is 9.18 Å². The summed E-state index contributed by atoms with van der Waals surface area (Å²) in [5.41, 5.74) is 2.62. The number of carbonyl (C=O) groups is 1. The van der Waals surface area contributed by atoms with Crippen molar-refractivity contribution in [3.8, 4) is 0 Å². The molecule has 1 N–H and O–H groups in total. The molecule has 3 rings (SSSR count). The van der Waals surface area contributed by atoms with Gasteiger partial charge >= 0.3 is 0 Å². The third-order valence-electron chi connectivity index (χ3n) is 4.35. The van der Waals surface area contributed by atoms with Gasteiger partial charge in [0.05, 0.1) is 5.69 Å². The van der Waals surface area contributed by atoms with Crippen molar-refractivity contribution in [1.82, 2.24) is 15.1 Å². The van der Waals surface area contributed by atoms with E-state index in [-0.39, 0.29) is 17.3 Å². The van der Waals surface area contributed by atoms with Gasteiger partial charge in [0, 0.05) is 12.6 Å². The first kappa shape index (κ1) is 16.4. The molecule has 2 aromatic rings. The number of amides is 1. The Balaban J connectivity index is 1.61. The average molecular weight is 329 g/mol. The molecule has 0 aliphatic heterocycles.